The lowest BCUT2D eigenvalue weighted by Crippen LogP contribution is -2.57. The van der Waals surface area contributed by atoms with Gasteiger partial charge in [0.1, 0.15) is 5.78 Å². The number of fused-ring (bicyclic) bond motifs is 3. The van der Waals surface area contributed by atoms with E-state index >= 15 is 0 Å². The molecule has 3 heteroatoms. The van der Waals surface area contributed by atoms with Crippen LogP contribution in [0.3, 0.4) is 0 Å². The molecule has 1 heterocycles. The first-order chi connectivity index (χ1) is 9.05. The van der Waals surface area contributed by atoms with Crippen molar-refractivity contribution < 1.29 is 14.6 Å². The summed E-state index contributed by atoms with van der Waals surface area (Å²) in [6, 6.07) is 0. The summed E-state index contributed by atoms with van der Waals surface area (Å²) in [7, 11) is 0. The van der Waals surface area contributed by atoms with Crippen LogP contribution in [0.2, 0.25) is 0 Å². The molecule has 3 aliphatic rings. The van der Waals surface area contributed by atoms with Gasteiger partial charge >= 0.3 is 0 Å². The van der Waals surface area contributed by atoms with Gasteiger partial charge < -0.3 is 9.84 Å². The largest absolute Gasteiger partial charge is 0.365 e. The molecule has 0 radical (unpaired) electrons. The van der Waals surface area contributed by atoms with Gasteiger partial charge in [-0.05, 0) is 44.4 Å². The van der Waals surface area contributed by atoms with Gasteiger partial charge in [0.15, 0.2) is 5.79 Å². The van der Waals surface area contributed by atoms with Crippen LogP contribution in [0.1, 0.15) is 65.2 Å². The van der Waals surface area contributed by atoms with Gasteiger partial charge in [-0.1, -0.05) is 13.8 Å². The Morgan fingerprint density at radius 2 is 2.00 bits per heavy atom. The molecule has 1 aliphatic heterocycles. The van der Waals surface area contributed by atoms with Crippen LogP contribution in [0.15, 0.2) is 0 Å². The van der Waals surface area contributed by atoms with E-state index in [1.54, 1.807) is 0 Å². The van der Waals surface area contributed by atoms with E-state index in [9.17, 15) is 9.90 Å². The molecule has 108 valence electrons. The molecule has 3 fully saturated rings. The molecule has 0 aromatic heterocycles. The number of aliphatic hydroxyl groups is 1. The molecule has 1 saturated heterocycles. The van der Waals surface area contributed by atoms with Gasteiger partial charge in [-0.3, -0.25) is 4.79 Å². The van der Waals surface area contributed by atoms with E-state index < -0.39 is 5.79 Å². The summed E-state index contributed by atoms with van der Waals surface area (Å²) in [5.41, 5.74) is -0.140. The zero-order valence-electron chi connectivity index (χ0n) is 12.2. The number of hydrogen-bond acceptors (Lipinski definition) is 3. The van der Waals surface area contributed by atoms with Crippen LogP contribution in [0, 0.1) is 17.3 Å². The van der Waals surface area contributed by atoms with Crippen molar-refractivity contribution in [2.75, 3.05) is 0 Å². The van der Waals surface area contributed by atoms with Crippen LogP contribution >= 0.6 is 0 Å². The summed E-state index contributed by atoms with van der Waals surface area (Å²) >= 11 is 0. The van der Waals surface area contributed by atoms with E-state index in [0.29, 0.717) is 24.5 Å². The Hall–Kier alpha value is -0.410. The van der Waals surface area contributed by atoms with Crippen molar-refractivity contribution in [2.45, 2.75) is 77.1 Å². The number of hydrogen-bond donors (Lipinski definition) is 1. The standard InChI is InChI=1S/C16H26O3/c1-3-11-5-6-13-12-7-8-14(17)15(12,4-2)9-10-16(13,18)19-11/h11-13,18H,3-10H2,1-2H3/t11?,12-,13?,15-,16?/m1/s1. The van der Waals surface area contributed by atoms with Gasteiger partial charge in [-0.15, -0.1) is 0 Å². The fourth-order valence-corrected chi connectivity index (χ4v) is 5.04. The lowest BCUT2D eigenvalue weighted by molar-refractivity contribution is -0.315. The summed E-state index contributed by atoms with van der Waals surface area (Å²) in [5, 5.41) is 10.9. The minimum Gasteiger partial charge on any atom is -0.365 e. The van der Waals surface area contributed by atoms with E-state index in [0.717, 1.165) is 38.5 Å². The summed E-state index contributed by atoms with van der Waals surface area (Å²) in [6.45, 7) is 4.26. The second-order valence-electron chi connectivity index (χ2n) is 6.75. The van der Waals surface area contributed by atoms with Crippen molar-refractivity contribution in [3.05, 3.63) is 0 Å². The van der Waals surface area contributed by atoms with Crippen LogP contribution in [-0.4, -0.2) is 22.8 Å². The van der Waals surface area contributed by atoms with Crippen molar-refractivity contribution in [3.63, 3.8) is 0 Å². The maximum Gasteiger partial charge on any atom is 0.168 e. The number of ketones is 1. The third kappa shape index (κ3) is 1.81. The van der Waals surface area contributed by atoms with Crippen molar-refractivity contribution in [1.29, 1.82) is 0 Å². The first-order valence-corrected chi connectivity index (χ1v) is 7.99. The van der Waals surface area contributed by atoms with Gasteiger partial charge in [-0.2, -0.15) is 0 Å². The Kier molecular flexibility index (Phi) is 3.25. The van der Waals surface area contributed by atoms with Crippen LogP contribution < -0.4 is 0 Å². The monoisotopic (exact) mass is 266 g/mol. The average molecular weight is 266 g/mol. The first-order valence-electron chi connectivity index (χ1n) is 7.99. The fraction of sp³-hybridized carbons (Fsp3) is 0.938. The molecule has 3 unspecified atom stereocenters. The highest BCUT2D eigenvalue weighted by Crippen LogP contribution is 2.60. The molecule has 5 atom stereocenters. The summed E-state index contributed by atoms with van der Waals surface area (Å²) in [4.78, 5) is 12.3. The summed E-state index contributed by atoms with van der Waals surface area (Å²) in [6.07, 6.45) is 7.29. The second-order valence-corrected chi connectivity index (χ2v) is 6.75. The molecule has 3 nitrogen and oxygen atoms in total. The lowest BCUT2D eigenvalue weighted by Gasteiger charge is -2.54. The van der Waals surface area contributed by atoms with Crippen LogP contribution in [0.25, 0.3) is 0 Å². The second kappa shape index (κ2) is 4.56. The predicted molar refractivity (Wildman–Crippen MR) is 72.5 cm³/mol. The number of Topliss-reactive ketones (excluding diaryl/α,β-unsaturated/α-hetero) is 1. The zero-order valence-corrected chi connectivity index (χ0v) is 12.2. The molecule has 0 aromatic rings. The predicted octanol–water partition coefficient (Wildman–Crippen LogP) is 3.05. The number of ether oxygens (including phenoxy) is 1. The maximum atomic E-state index is 12.3. The van der Waals surface area contributed by atoms with Gasteiger partial charge in [0, 0.05) is 24.2 Å². The summed E-state index contributed by atoms with van der Waals surface area (Å²) < 4.78 is 6.00. The third-order valence-corrected chi connectivity index (χ3v) is 6.20. The number of carbonyl (C=O) groups is 1. The molecule has 0 bridgehead atoms. The Bertz CT molecular complexity index is 380. The fourth-order valence-electron chi connectivity index (χ4n) is 5.04. The highest BCUT2D eigenvalue weighted by molar-refractivity contribution is 5.87. The molecule has 2 aliphatic carbocycles. The lowest BCUT2D eigenvalue weighted by atomic mass is 9.58. The molecule has 2 saturated carbocycles. The first kappa shape index (κ1) is 13.6. The van der Waals surface area contributed by atoms with Gasteiger partial charge in [-0.25, -0.2) is 0 Å². The molecule has 19 heavy (non-hydrogen) atoms. The number of rotatable bonds is 2. The molecule has 1 N–H and O–H groups in total. The van der Waals surface area contributed by atoms with Crippen LogP contribution in [-0.2, 0) is 9.53 Å². The molecular weight excluding hydrogens is 240 g/mol. The average Bonchev–Trinajstić information content (AvgIpc) is 2.75. The molecule has 0 spiro atoms. The normalized spacial score (nSPS) is 49.8. The van der Waals surface area contributed by atoms with Crippen molar-refractivity contribution in [2.24, 2.45) is 17.3 Å². The van der Waals surface area contributed by atoms with Crippen molar-refractivity contribution in [1.82, 2.24) is 0 Å². The van der Waals surface area contributed by atoms with E-state index in [-0.39, 0.29) is 17.4 Å². The topological polar surface area (TPSA) is 46.5 Å². The molecule has 0 amide bonds. The van der Waals surface area contributed by atoms with Gasteiger partial charge in [0.25, 0.3) is 0 Å². The maximum absolute atomic E-state index is 12.3. The molecule has 3 rings (SSSR count). The van der Waals surface area contributed by atoms with E-state index in [1.807, 2.05) is 0 Å². The van der Waals surface area contributed by atoms with Gasteiger partial charge in [0.2, 0.25) is 0 Å². The van der Waals surface area contributed by atoms with Crippen LogP contribution in [0.5, 0.6) is 0 Å². The van der Waals surface area contributed by atoms with E-state index in [1.165, 1.54) is 0 Å². The Morgan fingerprint density at radius 3 is 2.68 bits per heavy atom. The minimum absolute atomic E-state index is 0.140. The smallest absolute Gasteiger partial charge is 0.168 e. The van der Waals surface area contributed by atoms with Gasteiger partial charge in [0.05, 0.1) is 6.10 Å². The summed E-state index contributed by atoms with van der Waals surface area (Å²) in [5.74, 6) is 0.0176. The highest BCUT2D eigenvalue weighted by atomic mass is 16.6. The van der Waals surface area contributed by atoms with Crippen LogP contribution in [0.4, 0.5) is 0 Å². The third-order valence-electron chi connectivity index (χ3n) is 6.20. The zero-order chi connectivity index (χ0) is 13.7. The minimum atomic E-state index is -0.952. The SMILES string of the molecule is CCC1CCC2[C@H]3CCC(=O)[C@]3(CC)CCC2(O)O1. The Balaban J connectivity index is 1.89. The van der Waals surface area contributed by atoms with E-state index in [2.05, 4.69) is 13.8 Å². The highest BCUT2D eigenvalue weighted by Gasteiger charge is 2.61. The molecule has 0 aromatic carbocycles. The van der Waals surface area contributed by atoms with Crippen molar-refractivity contribution in [3.8, 4) is 0 Å². The van der Waals surface area contributed by atoms with E-state index in [4.69, 9.17) is 4.74 Å². The Labute approximate surface area is 115 Å². The number of carbonyl (C=O) groups excluding carboxylic acids is 1. The quantitative estimate of drug-likeness (QED) is 0.835. The van der Waals surface area contributed by atoms with Crippen molar-refractivity contribution >= 4 is 5.78 Å². The Morgan fingerprint density at radius 1 is 1.21 bits per heavy atom. The molecular formula is C16H26O3.